The molecule has 0 amide bonds. The second-order valence-corrected chi connectivity index (χ2v) is 6.37. The molecule has 0 spiro atoms. The zero-order valence-corrected chi connectivity index (χ0v) is 13.8. The Balaban J connectivity index is 1.86. The quantitative estimate of drug-likeness (QED) is 0.863. The zero-order chi connectivity index (χ0) is 16.6. The van der Waals surface area contributed by atoms with Crippen molar-refractivity contribution in [2.24, 2.45) is 0 Å². The first kappa shape index (κ1) is 15.5. The molecule has 1 aliphatic rings. The van der Waals surface area contributed by atoms with Crippen molar-refractivity contribution in [2.45, 2.75) is 26.9 Å². The molecule has 3 heterocycles. The predicted molar refractivity (Wildman–Crippen MR) is 84.2 cm³/mol. The SMILES string of the molecule is Cc1sc2nc([C@@H](C)OC(=O)C3=COCCO3)[nH]c(=O)c2c1C. The van der Waals surface area contributed by atoms with E-state index in [1.54, 1.807) is 6.92 Å². The Bertz CT molecular complexity index is 851. The molecule has 0 saturated heterocycles. The Morgan fingerprint density at radius 1 is 1.43 bits per heavy atom. The number of rotatable bonds is 3. The van der Waals surface area contributed by atoms with Crippen LogP contribution in [0.4, 0.5) is 0 Å². The summed E-state index contributed by atoms with van der Waals surface area (Å²) in [7, 11) is 0. The molecule has 1 aliphatic heterocycles. The Morgan fingerprint density at radius 3 is 2.91 bits per heavy atom. The number of hydrogen-bond donors (Lipinski definition) is 1. The molecule has 23 heavy (non-hydrogen) atoms. The molecule has 0 fully saturated rings. The van der Waals surface area contributed by atoms with Crippen LogP contribution in [0, 0.1) is 13.8 Å². The number of aryl methyl sites for hydroxylation is 2. The van der Waals surface area contributed by atoms with Gasteiger partial charge in [-0.2, -0.15) is 0 Å². The third kappa shape index (κ3) is 2.94. The van der Waals surface area contributed by atoms with Crippen LogP contribution in [-0.4, -0.2) is 29.2 Å². The monoisotopic (exact) mass is 336 g/mol. The average molecular weight is 336 g/mol. The van der Waals surface area contributed by atoms with E-state index in [2.05, 4.69) is 9.97 Å². The number of fused-ring (bicyclic) bond motifs is 1. The van der Waals surface area contributed by atoms with Gasteiger partial charge in [0.05, 0.1) is 5.39 Å². The van der Waals surface area contributed by atoms with Gasteiger partial charge in [0.15, 0.2) is 11.9 Å². The number of hydrogen-bond acceptors (Lipinski definition) is 7. The van der Waals surface area contributed by atoms with Gasteiger partial charge in [-0.1, -0.05) is 0 Å². The summed E-state index contributed by atoms with van der Waals surface area (Å²) < 4.78 is 15.5. The molecule has 0 aromatic carbocycles. The van der Waals surface area contributed by atoms with E-state index in [9.17, 15) is 9.59 Å². The van der Waals surface area contributed by atoms with Crippen LogP contribution in [-0.2, 0) is 19.0 Å². The van der Waals surface area contributed by atoms with E-state index in [0.29, 0.717) is 29.3 Å². The predicted octanol–water partition coefficient (Wildman–Crippen LogP) is 2.09. The van der Waals surface area contributed by atoms with Crippen molar-refractivity contribution in [1.29, 1.82) is 0 Å². The zero-order valence-electron chi connectivity index (χ0n) is 13.0. The third-order valence-electron chi connectivity index (χ3n) is 3.58. The van der Waals surface area contributed by atoms with Crippen molar-refractivity contribution < 1.29 is 19.0 Å². The average Bonchev–Trinajstić information content (AvgIpc) is 2.83. The number of carbonyl (C=O) groups excluding carboxylic acids is 1. The minimum absolute atomic E-state index is 0.00865. The van der Waals surface area contributed by atoms with E-state index in [1.807, 2.05) is 13.8 Å². The van der Waals surface area contributed by atoms with E-state index < -0.39 is 12.1 Å². The van der Waals surface area contributed by atoms with Gasteiger partial charge in [-0.25, -0.2) is 9.78 Å². The highest BCUT2D eigenvalue weighted by atomic mass is 32.1. The van der Waals surface area contributed by atoms with Crippen LogP contribution < -0.4 is 5.56 Å². The maximum atomic E-state index is 12.2. The van der Waals surface area contributed by atoms with Crippen LogP contribution in [0.1, 0.15) is 29.3 Å². The maximum Gasteiger partial charge on any atom is 0.377 e. The molecule has 8 heteroatoms. The molecule has 0 bridgehead atoms. The van der Waals surface area contributed by atoms with E-state index in [1.165, 1.54) is 17.6 Å². The van der Waals surface area contributed by atoms with E-state index in [-0.39, 0.29) is 11.3 Å². The summed E-state index contributed by atoms with van der Waals surface area (Å²) in [6, 6.07) is 0. The summed E-state index contributed by atoms with van der Waals surface area (Å²) in [6.07, 6.45) is 0.512. The molecule has 7 nitrogen and oxygen atoms in total. The van der Waals surface area contributed by atoms with Gasteiger partial charge in [-0.15, -0.1) is 11.3 Å². The number of thiophene rings is 1. The number of esters is 1. The smallest absolute Gasteiger partial charge is 0.377 e. The van der Waals surface area contributed by atoms with Crippen LogP contribution in [0.5, 0.6) is 0 Å². The molecule has 1 atom stereocenters. The maximum absolute atomic E-state index is 12.2. The number of ether oxygens (including phenoxy) is 3. The number of aromatic nitrogens is 2. The van der Waals surface area contributed by atoms with Crippen LogP contribution >= 0.6 is 11.3 Å². The molecule has 0 unspecified atom stereocenters. The van der Waals surface area contributed by atoms with Crippen LogP contribution in [0.25, 0.3) is 10.2 Å². The molecule has 1 N–H and O–H groups in total. The lowest BCUT2D eigenvalue weighted by atomic mass is 10.2. The van der Waals surface area contributed by atoms with Gasteiger partial charge in [0.2, 0.25) is 5.76 Å². The van der Waals surface area contributed by atoms with Crippen LogP contribution in [0.2, 0.25) is 0 Å². The van der Waals surface area contributed by atoms with Gasteiger partial charge < -0.3 is 19.2 Å². The lowest BCUT2D eigenvalue weighted by Crippen LogP contribution is -2.21. The minimum atomic E-state index is -0.714. The normalized spacial score (nSPS) is 15.5. The fourth-order valence-corrected chi connectivity index (χ4v) is 3.25. The van der Waals surface area contributed by atoms with Crippen molar-refractivity contribution in [3.63, 3.8) is 0 Å². The largest absolute Gasteiger partial charge is 0.493 e. The molecule has 0 radical (unpaired) electrons. The first-order valence-electron chi connectivity index (χ1n) is 7.13. The lowest BCUT2D eigenvalue weighted by Gasteiger charge is -2.17. The van der Waals surface area contributed by atoms with E-state index >= 15 is 0 Å². The van der Waals surface area contributed by atoms with Crippen molar-refractivity contribution in [3.8, 4) is 0 Å². The summed E-state index contributed by atoms with van der Waals surface area (Å²) in [5.74, 6) is -0.345. The second kappa shape index (κ2) is 6.04. The van der Waals surface area contributed by atoms with Crippen molar-refractivity contribution in [1.82, 2.24) is 9.97 Å². The molecule has 122 valence electrons. The topological polar surface area (TPSA) is 90.5 Å². The summed E-state index contributed by atoms with van der Waals surface area (Å²) in [5.41, 5.74) is 0.694. The van der Waals surface area contributed by atoms with Crippen LogP contribution in [0.15, 0.2) is 16.8 Å². The number of H-pyrrole nitrogens is 1. The minimum Gasteiger partial charge on any atom is -0.493 e. The molecular weight excluding hydrogens is 320 g/mol. The third-order valence-corrected chi connectivity index (χ3v) is 4.68. The molecule has 0 aliphatic carbocycles. The Morgan fingerprint density at radius 2 is 2.22 bits per heavy atom. The van der Waals surface area contributed by atoms with Gasteiger partial charge in [0.25, 0.3) is 5.56 Å². The highest BCUT2D eigenvalue weighted by Gasteiger charge is 2.22. The second-order valence-electron chi connectivity index (χ2n) is 5.16. The Hall–Kier alpha value is -2.35. The molecule has 2 aromatic heterocycles. The summed E-state index contributed by atoms with van der Waals surface area (Å²) >= 11 is 1.44. The number of nitrogens with zero attached hydrogens (tertiary/aromatic N) is 1. The Labute approximate surface area is 135 Å². The first-order chi connectivity index (χ1) is 11.0. The van der Waals surface area contributed by atoms with Gasteiger partial charge in [0.1, 0.15) is 24.3 Å². The summed E-state index contributed by atoms with van der Waals surface area (Å²) in [5, 5.41) is 0.585. The van der Waals surface area contributed by atoms with Crippen molar-refractivity contribution in [3.05, 3.63) is 38.6 Å². The fourth-order valence-electron chi connectivity index (χ4n) is 2.21. The number of aromatic amines is 1. The molecule has 0 saturated carbocycles. The molecule has 3 rings (SSSR count). The van der Waals surface area contributed by atoms with Crippen LogP contribution in [0.3, 0.4) is 0 Å². The van der Waals surface area contributed by atoms with E-state index in [4.69, 9.17) is 14.2 Å². The van der Waals surface area contributed by atoms with Crippen molar-refractivity contribution >= 4 is 27.5 Å². The lowest BCUT2D eigenvalue weighted by molar-refractivity contribution is -0.149. The summed E-state index contributed by atoms with van der Waals surface area (Å²) in [4.78, 5) is 33.0. The van der Waals surface area contributed by atoms with E-state index in [0.717, 1.165) is 10.4 Å². The highest BCUT2D eigenvalue weighted by Crippen LogP contribution is 2.27. The van der Waals surface area contributed by atoms with Gasteiger partial charge in [0, 0.05) is 4.88 Å². The standard InChI is InChI=1S/C15H16N2O5S/c1-7-9(3)23-14-11(7)13(18)16-12(17-14)8(2)22-15(19)10-6-20-4-5-21-10/h6,8H,4-5H2,1-3H3,(H,16,17,18)/t8-/m1/s1. The van der Waals surface area contributed by atoms with Crippen molar-refractivity contribution in [2.75, 3.05) is 13.2 Å². The molecule has 2 aromatic rings. The number of nitrogens with one attached hydrogen (secondary N) is 1. The number of carbonyl (C=O) groups is 1. The molecular formula is C15H16N2O5S. The fraction of sp³-hybridized carbons (Fsp3) is 0.400. The van der Waals surface area contributed by atoms with Gasteiger partial charge in [-0.3, -0.25) is 4.79 Å². The van der Waals surface area contributed by atoms with Gasteiger partial charge >= 0.3 is 5.97 Å². The first-order valence-corrected chi connectivity index (χ1v) is 7.94. The summed E-state index contributed by atoms with van der Waals surface area (Å²) in [6.45, 7) is 6.16. The van der Waals surface area contributed by atoms with Gasteiger partial charge in [-0.05, 0) is 26.3 Å². The highest BCUT2D eigenvalue weighted by molar-refractivity contribution is 7.18. The Kier molecular flexibility index (Phi) is 4.08.